The molecule has 1 fully saturated rings. The molecule has 1 saturated heterocycles. The van der Waals surface area contributed by atoms with Gasteiger partial charge in [0, 0.05) is 36.7 Å². The number of rotatable bonds is 4. The molecule has 8 nitrogen and oxygen atoms in total. The van der Waals surface area contributed by atoms with E-state index in [4.69, 9.17) is 10.2 Å². The number of anilines is 2. The molecule has 3 N–H and O–H groups in total. The molecule has 1 atom stereocenters. The summed E-state index contributed by atoms with van der Waals surface area (Å²) >= 11 is 0. The summed E-state index contributed by atoms with van der Waals surface area (Å²) in [7, 11) is 0. The lowest BCUT2D eigenvalue weighted by atomic mass is 9.88. The minimum atomic E-state index is -0.494. The summed E-state index contributed by atoms with van der Waals surface area (Å²) in [6, 6.07) is 11.0. The van der Waals surface area contributed by atoms with Gasteiger partial charge in [-0.15, -0.1) is 0 Å². The van der Waals surface area contributed by atoms with Gasteiger partial charge in [0.25, 0.3) is 0 Å². The second-order valence-electron chi connectivity index (χ2n) is 8.91. The van der Waals surface area contributed by atoms with Gasteiger partial charge in [-0.05, 0) is 49.9 Å². The van der Waals surface area contributed by atoms with E-state index in [0.29, 0.717) is 43.7 Å². The van der Waals surface area contributed by atoms with Crippen molar-refractivity contribution in [2.45, 2.75) is 38.1 Å². The average Bonchev–Trinajstić information content (AvgIpc) is 3.30. The number of carbonyl (C=O) groups is 3. The Kier molecular flexibility index (Phi) is 5.66. The Morgan fingerprint density at radius 3 is 2.61 bits per heavy atom. The molecule has 0 spiro atoms. The first kappa shape index (κ1) is 21.3. The summed E-state index contributed by atoms with van der Waals surface area (Å²) in [6.45, 7) is 1.09. The smallest absolute Gasteiger partial charge is 0.242 e. The van der Waals surface area contributed by atoms with E-state index in [-0.39, 0.29) is 30.1 Å². The third-order valence-corrected chi connectivity index (χ3v) is 6.91. The lowest BCUT2D eigenvalue weighted by Gasteiger charge is -2.36. The van der Waals surface area contributed by atoms with E-state index < -0.39 is 6.04 Å². The van der Waals surface area contributed by atoms with Crippen molar-refractivity contribution in [1.82, 2.24) is 4.90 Å². The molecule has 0 radical (unpaired) electrons. The van der Waals surface area contributed by atoms with Crippen LogP contribution < -0.4 is 16.0 Å². The Balaban J connectivity index is 1.52. The number of fused-ring (bicyclic) bond motifs is 1. The number of nitrogens with two attached hydrogens (primary N) is 1. The minimum absolute atomic E-state index is 0.0448. The number of hydrogen-bond donors (Lipinski definition) is 2. The molecule has 8 heteroatoms. The number of primary amides is 1. The molecule has 3 aliphatic rings. The first-order valence-corrected chi connectivity index (χ1v) is 11.5. The number of nitrogens with one attached hydrogen (secondary N) is 1. The number of carbonyl (C=O) groups excluding carboxylic acids is 3. The van der Waals surface area contributed by atoms with Crippen molar-refractivity contribution in [3.63, 3.8) is 0 Å². The van der Waals surface area contributed by atoms with Gasteiger partial charge in [0.05, 0.1) is 24.2 Å². The van der Waals surface area contributed by atoms with Crippen molar-refractivity contribution >= 4 is 29.0 Å². The van der Waals surface area contributed by atoms with Crippen LogP contribution in [0.2, 0.25) is 0 Å². The van der Waals surface area contributed by atoms with E-state index in [9.17, 15) is 14.4 Å². The van der Waals surface area contributed by atoms with Crippen molar-refractivity contribution in [1.29, 1.82) is 0 Å². The molecule has 0 bridgehead atoms. The highest BCUT2D eigenvalue weighted by atomic mass is 16.3. The largest absolute Gasteiger partial charge is 0.467 e. The normalized spacial score (nSPS) is 21.2. The van der Waals surface area contributed by atoms with Crippen molar-refractivity contribution in [3.8, 4) is 0 Å². The fraction of sp³-hybridized carbons (Fsp3) is 0.400. The monoisotopic (exact) mass is 448 g/mol. The van der Waals surface area contributed by atoms with Crippen LogP contribution in [0.15, 0.2) is 58.3 Å². The molecule has 2 amide bonds. The zero-order chi connectivity index (χ0) is 22.9. The van der Waals surface area contributed by atoms with E-state index in [2.05, 4.69) is 5.32 Å². The molecule has 1 aromatic heterocycles. The fourth-order valence-corrected chi connectivity index (χ4v) is 5.18. The van der Waals surface area contributed by atoms with Crippen LogP contribution >= 0.6 is 0 Å². The number of nitrogens with zero attached hydrogens (tertiary/aromatic N) is 2. The minimum Gasteiger partial charge on any atom is -0.467 e. The van der Waals surface area contributed by atoms with Crippen molar-refractivity contribution in [3.05, 3.63) is 59.7 Å². The summed E-state index contributed by atoms with van der Waals surface area (Å²) < 4.78 is 5.81. The molecular weight excluding hydrogens is 420 g/mol. The standard InChI is InChI=1S/C25H28N4O4/c26-25(32)16-10-12-28(13-11-16)22(31)15-29-19-7-2-1-5-17(19)27-18-6-3-8-20(30)23(18)24(29)21-9-4-14-33-21/h1-2,4-5,7,9,14,16,24,27H,3,6,8,10-13,15H2,(H2,26,32)/t24-/m0/s1. The van der Waals surface area contributed by atoms with Crippen molar-refractivity contribution in [2.75, 3.05) is 29.9 Å². The maximum Gasteiger partial charge on any atom is 0.242 e. The van der Waals surface area contributed by atoms with Gasteiger partial charge >= 0.3 is 0 Å². The summed E-state index contributed by atoms with van der Waals surface area (Å²) in [5.41, 5.74) is 8.74. The summed E-state index contributed by atoms with van der Waals surface area (Å²) in [5.74, 6) is 0.189. The highest BCUT2D eigenvalue weighted by Gasteiger charge is 2.39. The summed E-state index contributed by atoms with van der Waals surface area (Å²) in [4.78, 5) is 41.9. The highest BCUT2D eigenvalue weighted by molar-refractivity contribution is 6.01. The Hall–Kier alpha value is -3.55. The molecule has 3 heterocycles. The van der Waals surface area contributed by atoms with Gasteiger partial charge < -0.3 is 25.3 Å². The van der Waals surface area contributed by atoms with E-state index in [0.717, 1.165) is 29.9 Å². The first-order chi connectivity index (χ1) is 16.0. The Morgan fingerprint density at radius 2 is 1.88 bits per heavy atom. The van der Waals surface area contributed by atoms with Gasteiger partial charge in [-0.2, -0.15) is 0 Å². The Morgan fingerprint density at radius 1 is 1.09 bits per heavy atom. The third-order valence-electron chi connectivity index (χ3n) is 6.91. The SMILES string of the molecule is NC(=O)C1CCN(C(=O)CN2c3ccccc3NC3=C(C(=O)CCC3)[C@@H]2c2ccco2)CC1. The molecule has 5 rings (SSSR count). The lowest BCUT2D eigenvalue weighted by molar-refractivity contribution is -0.133. The van der Waals surface area contributed by atoms with Crippen LogP contribution in [0, 0.1) is 5.92 Å². The number of para-hydroxylation sites is 2. The Labute approximate surface area is 192 Å². The number of likely N-dealkylation sites (tertiary alicyclic amines) is 1. The van der Waals surface area contributed by atoms with Gasteiger partial charge in [-0.25, -0.2) is 0 Å². The predicted octanol–water partition coefficient (Wildman–Crippen LogP) is 2.98. The van der Waals surface area contributed by atoms with E-state index >= 15 is 0 Å². The molecule has 33 heavy (non-hydrogen) atoms. The van der Waals surface area contributed by atoms with Gasteiger partial charge in [0.15, 0.2) is 5.78 Å². The number of benzene rings is 1. The average molecular weight is 449 g/mol. The molecule has 2 aliphatic heterocycles. The van der Waals surface area contributed by atoms with E-state index in [1.807, 2.05) is 41.3 Å². The fourth-order valence-electron chi connectivity index (χ4n) is 5.18. The number of piperidine rings is 1. The zero-order valence-corrected chi connectivity index (χ0v) is 18.5. The van der Waals surface area contributed by atoms with Gasteiger partial charge in [0.1, 0.15) is 11.8 Å². The molecule has 0 saturated carbocycles. The summed E-state index contributed by atoms with van der Waals surface area (Å²) in [6.07, 6.45) is 4.81. The lowest BCUT2D eigenvalue weighted by Crippen LogP contribution is -2.47. The van der Waals surface area contributed by atoms with Crippen molar-refractivity contribution in [2.24, 2.45) is 11.7 Å². The molecule has 2 aromatic rings. The van der Waals surface area contributed by atoms with Crippen LogP contribution in [0.1, 0.15) is 43.9 Å². The second kappa shape index (κ2) is 8.77. The number of allylic oxidation sites excluding steroid dienone is 1. The number of ketones is 1. The van der Waals surface area contributed by atoms with Crippen LogP contribution in [0.4, 0.5) is 11.4 Å². The molecule has 1 aliphatic carbocycles. The first-order valence-electron chi connectivity index (χ1n) is 11.5. The van der Waals surface area contributed by atoms with Gasteiger partial charge in [0.2, 0.25) is 11.8 Å². The van der Waals surface area contributed by atoms with Crippen LogP contribution in [0.5, 0.6) is 0 Å². The molecule has 1 aromatic carbocycles. The van der Waals surface area contributed by atoms with Gasteiger partial charge in [-0.1, -0.05) is 12.1 Å². The quantitative estimate of drug-likeness (QED) is 0.744. The number of hydrogen-bond acceptors (Lipinski definition) is 6. The third kappa shape index (κ3) is 4.01. The number of amides is 2. The van der Waals surface area contributed by atoms with E-state index in [1.165, 1.54) is 0 Å². The molecule has 172 valence electrons. The topological polar surface area (TPSA) is 109 Å². The Bertz CT molecular complexity index is 1100. The van der Waals surface area contributed by atoms with Crippen LogP contribution in [0.3, 0.4) is 0 Å². The van der Waals surface area contributed by atoms with Crippen molar-refractivity contribution < 1.29 is 18.8 Å². The molecule has 0 unspecified atom stereocenters. The summed E-state index contributed by atoms with van der Waals surface area (Å²) in [5, 5.41) is 3.48. The predicted molar refractivity (Wildman–Crippen MR) is 123 cm³/mol. The number of Topliss-reactive ketones (excluding diaryl/α,β-unsaturated/α-hetero) is 1. The maximum absolute atomic E-state index is 13.4. The van der Waals surface area contributed by atoms with Crippen LogP contribution in [-0.4, -0.2) is 42.1 Å². The number of furan rings is 1. The van der Waals surface area contributed by atoms with Crippen LogP contribution in [-0.2, 0) is 14.4 Å². The maximum atomic E-state index is 13.4. The van der Waals surface area contributed by atoms with Gasteiger partial charge in [-0.3, -0.25) is 14.4 Å². The van der Waals surface area contributed by atoms with Crippen LogP contribution in [0.25, 0.3) is 0 Å². The second-order valence-corrected chi connectivity index (χ2v) is 8.91. The zero-order valence-electron chi connectivity index (χ0n) is 18.5. The highest BCUT2D eigenvalue weighted by Crippen LogP contribution is 2.44. The molecular formula is C25H28N4O4. The van der Waals surface area contributed by atoms with E-state index in [1.54, 1.807) is 11.2 Å².